The van der Waals surface area contributed by atoms with Gasteiger partial charge < -0.3 is 21.7 Å². The minimum atomic E-state index is -0.0139. The number of carbonyl (C=O) groups excluding carboxylic acids is 1. The average molecular weight is 456 g/mol. The van der Waals surface area contributed by atoms with Crippen molar-refractivity contribution in [1.29, 1.82) is 0 Å². The smallest absolute Gasteiger partial charge is 0.251 e. The van der Waals surface area contributed by atoms with Gasteiger partial charge in [-0.1, -0.05) is 31.4 Å². The molecule has 28 heavy (non-hydrogen) atoms. The highest BCUT2D eigenvalue weighted by atomic mass is 35.5. The van der Waals surface area contributed by atoms with Crippen LogP contribution in [0.25, 0.3) is 0 Å². The van der Waals surface area contributed by atoms with E-state index in [0.29, 0.717) is 18.7 Å². The number of benzene rings is 1. The van der Waals surface area contributed by atoms with Crippen molar-refractivity contribution < 1.29 is 4.79 Å². The van der Waals surface area contributed by atoms with Crippen LogP contribution in [0.1, 0.15) is 60.9 Å². The van der Waals surface area contributed by atoms with Crippen molar-refractivity contribution in [3.05, 3.63) is 35.4 Å². The normalized spacial score (nSPS) is 13.6. The van der Waals surface area contributed by atoms with Crippen LogP contribution in [0, 0.1) is 0 Å². The maximum absolute atomic E-state index is 12.1. The van der Waals surface area contributed by atoms with Gasteiger partial charge in [-0.25, -0.2) is 0 Å². The molecule has 0 saturated heterocycles. The number of unbranched alkanes of at least 4 members (excludes halogenated alkanes) is 1. The molecular weight excluding hydrogens is 419 g/mol. The van der Waals surface area contributed by atoms with Crippen molar-refractivity contribution in [2.45, 2.75) is 57.5 Å². The molecule has 0 unspecified atom stereocenters. The van der Waals surface area contributed by atoms with Crippen LogP contribution in [-0.2, 0) is 6.54 Å². The molecule has 1 aliphatic carbocycles. The highest BCUT2D eigenvalue weighted by molar-refractivity contribution is 5.94. The third-order valence-electron chi connectivity index (χ3n) is 4.83. The van der Waals surface area contributed by atoms with Crippen molar-refractivity contribution in [3.8, 4) is 0 Å². The van der Waals surface area contributed by atoms with Gasteiger partial charge in [0, 0.05) is 37.8 Å². The summed E-state index contributed by atoms with van der Waals surface area (Å²) in [5.74, 6) is -0.0139. The fourth-order valence-electron chi connectivity index (χ4n) is 3.31. The number of hydrogen-bond acceptors (Lipinski definition) is 4. The zero-order valence-corrected chi connectivity index (χ0v) is 19.0. The van der Waals surface area contributed by atoms with Crippen molar-refractivity contribution in [2.75, 3.05) is 26.2 Å². The second kappa shape index (κ2) is 18.5. The predicted molar refractivity (Wildman–Crippen MR) is 125 cm³/mol. The molecule has 1 aliphatic rings. The number of carbonyl (C=O) groups is 1. The summed E-state index contributed by atoms with van der Waals surface area (Å²) < 4.78 is 0. The Kier molecular flexibility index (Phi) is 19.5. The van der Waals surface area contributed by atoms with E-state index in [-0.39, 0.29) is 43.1 Å². The number of rotatable bonds is 11. The van der Waals surface area contributed by atoms with E-state index in [1.165, 1.54) is 32.1 Å². The predicted octanol–water partition coefficient (Wildman–Crippen LogP) is 3.43. The first-order valence-electron chi connectivity index (χ1n) is 9.81. The first kappa shape index (κ1) is 29.6. The fraction of sp³-hybridized carbons (Fsp3) is 0.650. The van der Waals surface area contributed by atoms with Gasteiger partial charge in [-0.15, -0.1) is 37.2 Å². The monoisotopic (exact) mass is 454 g/mol. The molecule has 1 aromatic rings. The average Bonchev–Trinajstić information content (AvgIpc) is 2.67. The number of amides is 1. The molecule has 5 nitrogen and oxygen atoms in total. The first-order chi connectivity index (χ1) is 12.3. The summed E-state index contributed by atoms with van der Waals surface area (Å²) >= 11 is 0. The molecule has 1 aromatic carbocycles. The van der Waals surface area contributed by atoms with E-state index in [4.69, 9.17) is 5.73 Å². The lowest BCUT2D eigenvalue weighted by Gasteiger charge is -2.22. The number of hydrogen-bond donors (Lipinski definition) is 4. The summed E-state index contributed by atoms with van der Waals surface area (Å²) in [5, 5.41) is 10.1. The Balaban J connectivity index is 0. The van der Waals surface area contributed by atoms with Gasteiger partial charge in [-0.3, -0.25) is 4.79 Å². The van der Waals surface area contributed by atoms with Crippen LogP contribution in [0.3, 0.4) is 0 Å². The van der Waals surface area contributed by atoms with Crippen molar-refractivity contribution in [3.63, 3.8) is 0 Å². The van der Waals surface area contributed by atoms with Crippen molar-refractivity contribution in [1.82, 2.24) is 16.0 Å². The topological polar surface area (TPSA) is 79.2 Å². The summed E-state index contributed by atoms with van der Waals surface area (Å²) in [5.41, 5.74) is 7.28. The standard InChI is InChI=1S/C20H34N4O.3ClH/c21-16-17-7-6-8-18(15-17)20(25)24-12-5-4-11-22-13-14-23-19-9-2-1-3-10-19;;;/h6-8,15,19,22-23H,1-5,9-14,16,21H2,(H,24,25);3*1H. The molecule has 0 atom stereocenters. The second-order valence-corrected chi connectivity index (χ2v) is 6.91. The molecular formula is C20H37Cl3N4O. The Morgan fingerprint density at radius 3 is 2.39 bits per heavy atom. The maximum atomic E-state index is 12.1. The molecule has 164 valence electrons. The fourth-order valence-corrected chi connectivity index (χ4v) is 3.31. The minimum absolute atomic E-state index is 0. The first-order valence-corrected chi connectivity index (χ1v) is 9.81. The Bertz CT molecular complexity index is 514. The molecule has 0 aliphatic heterocycles. The van der Waals surface area contributed by atoms with Crippen molar-refractivity contribution in [2.24, 2.45) is 5.73 Å². The molecule has 0 heterocycles. The Labute approximate surface area is 188 Å². The highest BCUT2D eigenvalue weighted by Gasteiger charge is 2.11. The van der Waals surface area contributed by atoms with E-state index in [9.17, 15) is 4.79 Å². The van der Waals surface area contributed by atoms with Crippen molar-refractivity contribution >= 4 is 43.1 Å². The molecule has 0 aromatic heterocycles. The molecule has 1 saturated carbocycles. The summed E-state index contributed by atoms with van der Waals surface area (Å²) in [6.45, 7) is 4.26. The molecule has 8 heteroatoms. The van der Waals surface area contributed by atoms with Crippen LogP contribution in [0.4, 0.5) is 0 Å². The van der Waals surface area contributed by atoms with Gasteiger partial charge in [0.15, 0.2) is 0 Å². The van der Waals surface area contributed by atoms with Crippen LogP contribution in [-0.4, -0.2) is 38.1 Å². The van der Waals surface area contributed by atoms with E-state index in [0.717, 1.165) is 44.1 Å². The lowest BCUT2D eigenvalue weighted by atomic mass is 9.95. The number of nitrogens with one attached hydrogen (secondary N) is 3. The van der Waals surface area contributed by atoms with Gasteiger partial charge >= 0.3 is 0 Å². The van der Waals surface area contributed by atoms with Gasteiger partial charge in [0.05, 0.1) is 0 Å². The van der Waals surface area contributed by atoms with Crippen LogP contribution in [0.2, 0.25) is 0 Å². The van der Waals surface area contributed by atoms with Crippen LogP contribution < -0.4 is 21.7 Å². The maximum Gasteiger partial charge on any atom is 0.251 e. The summed E-state index contributed by atoms with van der Waals surface area (Å²) in [7, 11) is 0. The summed E-state index contributed by atoms with van der Waals surface area (Å²) in [6.07, 6.45) is 8.92. The molecule has 1 fully saturated rings. The molecule has 0 bridgehead atoms. The molecule has 2 rings (SSSR count). The van der Waals surface area contributed by atoms with Crippen LogP contribution >= 0.6 is 37.2 Å². The number of halogens is 3. The molecule has 1 amide bonds. The quantitative estimate of drug-likeness (QED) is 0.385. The molecule has 0 spiro atoms. The van der Waals surface area contributed by atoms with Gasteiger partial charge in [0.25, 0.3) is 5.91 Å². The molecule has 0 radical (unpaired) electrons. The van der Waals surface area contributed by atoms with Gasteiger partial charge in [-0.2, -0.15) is 0 Å². The Morgan fingerprint density at radius 2 is 1.68 bits per heavy atom. The summed E-state index contributed by atoms with van der Waals surface area (Å²) in [6, 6.07) is 8.24. The van der Waals surface area contributed by atoms with Gasteiger partial charge in [0.2, 0.25) is 0 Å². The van der Waals surface area contributed by atoms with Gasteiger partial charge in [0.1, 0.15) is 0 Å². The Morgan fingerprint density at radius 1 is 0.964 bits per heavy atom. The van der Waals surface area contributed by atoms with E-state index in [1.807, 2.05) is 24.3 Å². The van der Waals surface area contributed by atoms with E-state index in [2.05, 4.69) is 16.0 Å². The zero-order chi connectivity index (χ0) is 17.7. The SMILES string of the molecule is Cl.Cl.Cl.NCc1cccc(C(=O)NCCCCNCCNC2CCCCC2)c1. The van der Waals surface area contributed by atoms with Crippen LogP contribution in [0.5, 0.6) is 0 Å². The second-order valence-electron chi connectivity index (χ2n) is 6.91. The van der Waals surface area contributed by atoms with E-state index >= 15 is 0 Å². The highest BCUT2D eigenvalue weighted by Crippen LogP contribution is 2.16. The lowest BCUT2D eigenvalue weighted by Crippen LogP contribution is -2.36. The van der Waals surface area contributed by atoms with Gasteiger partial charge in [-0.05, 0) is 49.9 Å². The third kappa shape index (κ3) is 12.1. The number of nitrogens with two attached hydrogens (primary N) is 1. The lowest BCUT2D eigenvalue weighted by molar-refractivity contribution is 0.0953. The third-order valence-corrected chi connectivity index (χ3v) is 4.83. The molecule has 5 N–H and O–H groups in total. The van der Waals surface area contributed by atoms with E-state index < -0.39 is 0 Å². The summed E-state index contributed by atoms with van der Waals surface area (Å²) in [4.78, 5) is 12.1. The van der Waals surface area contributed by atoms with Crippen LogP contribution in [0.15, 0.2) is 24.3 Å². The Hall–Kier alpha value is -0.560. The largest absolute Gasteiger partial charge is 0.352 e. The van der Waals surface area contributed by atoms with E-state index in [1.54, 1.807) is 0 Å². The minimum Gasteiger partial charge on any atom is -0.352 e. The zero-order valence-electron chi connectivity index (χ0n) is 16.6.